The zero-order chi connectivity index (χ0) is 30.9. The van der Waals surface area contributed by atoms with Crippen LogP contribution in [0.3, 0.4) is 0 Å². The summed E-state index contributed by atoms with van der Waals surface area (Å²) in [6.45, 7) is 7.54. The second-order valence-corrected chi connectivity index (χ2v) is 15.4. The van der Waals surface area contributed by atoms with Gasteiger partial charge in [-0.25, -0.2) is 4.85 Å². The summed E-state index contributed by atoms with van der Waals surface area (Å²) in [6.07, 6.45) is 0. The van der Waals surface area contributed by atoms with Gasteiger partial charge in [-0.2, -0.15) is 0 Å². The topological polar surface area (TPSA) is 9.29 Å². The average Bonchev–Trinajstić information content (AvgIpc) is 3.48. The van der Waals surface area contributed by atoms with Gasteiger partial charge in [-0.3, -0.25) is 0 Å². The van der Waals surface area contributed by atoms with Gasteiger partial charge in [0, 0.05) is 16.5 Å². The first-order chi connectivity index (χ1) is 22.8. The van der Waals surface area contributed by atoms with Crippen molar-refractivity contribution in [2.24, 2.45) is 0 Å². The summed E-state index contributed by atoms with van der Waals surface area (Å²) in [6, 6.07) is 65.5. The van der Waals surface area contributed by atoms with Gasteiger partial charge in [0.05, 0.1) is 17.6 Å². The molecule has 0 aliphatic heterocycles. The van der Waals surface area contributed by atoms with Gasteiger partial charge >= 0.3 is 0 Å². The maximum atomic E-state index is 7.54. The van der Waals surface area contributed by atoms with E-state index in [0.29, 0.717) is 5.69 Å². The highest BCUT2D eigenvalue weighted by Gasteiger charge is 2.41. The van der Waals surface area contributed by atoms with E-state index in [-0.39, 0.29) is 0 Å². The Morgan fingerprint density at radius 3 is 1.43 bits per heavy atom. The summed E-state index contributed by atoms with van der Waals surface area (Å²) in [7, 11) is -2.68. The molecule has 0 saturated heterocycles. The number of benzene rings is 7. The molecule has 0 N–H and O–H groups in total. The van der Waals surface area contributed by atoms with Crippen LogP contribution >= 0.6 is 0 Å². The number of aromatic nitrogens is 1. The molecule has 1 aromatic heterocycles. The van der Waals surface area contributed by atoms with E-state index in [0.717, 1.165) is 5.69 Å². The quantitative estimate of drug-likeness (QED) is 0.103. The summed E-state index contributed by atoms with van der Waals surface area (Å²) in [5.74, 6) is 0. The molecule has 8 rings (SSSR count). The fourth-order valence-corrected chi connectivity index (χ4v) is 11.8. The van der Waals surface area contributed by atoms with E-state index in [9.17, 15) is 0 Å². The first kappa shape index (κ1) is 27.6. The van der Waals surface area contributed by atoms with Crippen LogP contribution in [0.15, 0.2) is 182 Å². The number of hydrogen-bond acceptors (Lipinski definition) is 0. The van der Waals surface area contributed by atoms with Crippen LogP contribution in [0.1, 0.15) is 0 Å². The van der Waals surface area contributed by atoms with Crippen LogP contribution < -0.4 is 20.7 Å². The maximum Gasteiger partial charge on any atom is 0.187 e. The Morgan fingerprint density at radius 1 is 0.413 bits per heavy atom. The molecule has 2 nitrogen and oxygen atoms in total. The summed E-state index contributed by atoms with van der Waals surface area (Å²) in [4.78, 5) is 3.68. The van der Waals surface area contributed by atoms with Crippen molar-refractivity contribution >= 4 is 56.3 Å². The van der Waals surface area contributed by atoms with Gasteiger partial charge in [0.15, 0.2) is 13.8 Å². The number of nitrogens with zero attached hydrogens (tertiary/aromatic N) is 2. The van der Waals surface area contributed by atoms with Crippen molar-refractivity contribution in [2.75, 3.05) is 0 Å². The van der Waals surface area contributed by atoms with Crippen molar-refractivity contribution in [1.82, 2.24) is 4.57 Å². The molecule has 46 heavy (non-hydrogen) atoms. The molecule has 0 bridgehead atoms. The van der Waals surface area contributed by atoms with E-state index in [2.05, 4.69) is 179 Å². The van der Waals surface area contributed by atoms with Gasteiger partial charge in [-0.15, -0.1) is 0 Å². The number of fused-ring (bicyclic) bond motifs is 3. The third-order valence-corrected chi connectivity index (χ3v) is 14.0. The lowest BCUT2D eigenvalue weighted by molar-refractivity contribution is 1.18. The van der Waals surface area contributed by atoms with Gasteiger partial charge < -0.3 is 4.57 Å². The lowest BCUT2D eigenvalue weighted by Gasteiger charge is -2.34. The van der Waals surface area contributed by atoms with Crippen LogP contribution in [-0.2, 0) is 0 Å². The van der Waals surface area contributed by atoms with E-state index < -0.39 is 8.07 Å². The molecule has 0 aliphatic carbocycles. The standard InChI is InChI=1S/C43H30N2Si/c1-44-34-25-29-39(30-26-34)46(36-15-4-2-5-16-36,37-17-6-3-7-18-37)38-27-23-32(24-28-38)33-13-12-14-35(31-33)45-42-21-10-8-19-40(42)41-20-9-11-22-43(41)45/h2-31H. The zero-order valence-electron chi connectivity index (χ0n) is 25.2. The van der Waals surface area contributed by atoms with Gasteiger partial charge in [-0.1, -0.05) is 158 Å². The Morgan fingerprint density at radius 2 is 0.891 bits per heavy atom. The summed E-state index contributed by atoms with van der Waals surface area (Å²) < 4.78 is 2.37. The maximum absolute atomic E-state index is 7.54. The van der Waals surface area contributed by atoms with Gasteiger partial charge in [0.25, 0.3) is 0 Å². The Kier molecular flexibility index (Phi) is 6.91. The fraction of sp³-hybridized carbons (Fsp3) is 0. The van der Waals surface area contributed by atoms with Crippen molar-refractivity contribution in [3.05, 3.63) is 193 Å². The van der Waals surface area contributed by atoms with Crippen LogP contribution in [0.2, 0.25) is 0 Å². The second-order valence-electron chi connectivity index (χ2n) is 11.6. The molecular weight excluding hydrogens is 573 g/mol. The molecule has 7 aromatic carbocycles. The predicted molar refractivity (Wildman–Crippen MR) is 196 cm³/mol. The summed E-state index contributed by atoms with van der Waals surface area (Å²) in [5, 5.41) is 7.73. The van der Waals surface area contributed by atoms with E-state index >= 15 is 0 Å². The Balaban J connectivity index is 1.28. The van der Waals surface area contributed by atoms with E-state index in [1.807, 2.05) is 12.1 Å². The van der Waals surface area contributed by atoms with Crippen LogP contribution in [0.5, 0.6) is 0 Å². The summed E-state index contributed by atoms with van der Waals surface area (Å²) in [5.41, 5.74) is 6.59. The average molecular weight is 603 g/mol. The van der Waals surface area contributed by atoms with Crippen LogP contribution in [0.25, 0.3) is 43.5 Å². The highest BCUT2D eigenvalue weighted by Crippen LogP contribution is 2.33. The number of rotatable bonds is 6. The molecule has 0 aliphatic rings. The highest BCUT2D eigenvalue weighted by atomic mass is 28.3. The Labute approximate surface area is 270 Å². The Hall–Kier alpha value is -5.95. The lowest BCUT2D eigenvalue weighted by atomic mass is 10.1. The molecule has 0 amide bonds. The molecule has 216 valence electrons. The summed E-state index contributed by atoms with van der Waals surface area (Å²) >= 11 is 0. The SMILES string of the molecule is [C-]#[N+]c1ccc([Si](c2ccccc2)(c2ccccc2)c2ccc(-c3cccc(-n4c5ccccc5c5ccccc54)c3)cc2)cc1. The van der Waals surface area contributed by atoms with Crippen molar-refractivity contribution in [2.45, 2.75) is 0 Å². The first-order valence-electron chi connectivity index (χ1n) is 15.6. The van der Waals surface area contributed by atoms with Gasteiger partial charge in [0.2, 0.25) is 0 Å². The van der Waals surface area contributed by atoms with Crippen molar-refractivity contribution in [1.29, 1.82) is 0 Å². The van der Waals surface area contributed by atoms with Gasteiger partial charge in [0.1, 0.15) is 0 Å². The molecular formula is C43H30N2Si. The third-order valence-electron chi connectivity index (χ3n) is 9.18. The minimum absolute atomic E-state index is 0.659. The minimum atomic E-state index is -2.68. The Bertz CT molecular complexity index is 2260. The minimum Gasteiger partial charge on any atom is -0.309 e. The largest absolute Gasteiger partial charge is 0.309 e. The van der Waals surface area contributed by atoms with Crippen LogP contribution in [0, 0.1) is 6.57 Å². The smallest absolute Gasteiger partial charge is 0.187 e. The monoisotopic (exact) mass is 602 g/mol. The third kappa shape index (κ3) is 4.47. The number of hydrogen-bond donors (Lipinski definition) is 0. The van der Waals surface area contributed by atoms with Crippen LogP contribution in [-0.4, -0.2) is 12.6 Å². The molecule has 0 spiro atoms. The molecule has 0 unspecified atom stereocenters. The van der Waals surface area contributed by atoms with E-state index in [4.69, 9.17) is 6.57 Å². The van der Waals surface area contributed by atoms with Crippen molar-refractivity contribution in [3.8, 4) is 16.8 Å². The van der Waals surface area contributed by atoms with Gasteiger partial charge in [-0.05, 0) is 56.1 Å². The molecule has 3 heteroatoms. The molecule has 0 fully saturated rings. The molecule has 0 radical (unpaired) electrons. The van der Waals surface area contributed by atoms with E-state index in [1.54, 1.807) is 0 Å². The fourth-order valence-electron chi connectivity index (χ4n) is 7.10. The van der Waals surface area contributed by atoms with Crippen LogP contribution in [0.4, 0.5) is 5.69 Å². The van der Waals surface area contributed by atoms with Crippen molar-refractivity contribution < 1.29 is 0 Å². The normalized spacial score (nSPS) is 11.5. The van der Waals surface area contributed by atoms with E-state index in [1.165, 1.54) is 53.7 Å². The second kappa shape index (κ2) is 11.5. The van der Waals surface area contributed by atoms with Crippen molar-refractivity contribution in [3.63, 3.8) is 0 Å². The lowest BCUT2D eigenvalue weighted by Crippen LogP contribution is -2.74. The highest BCUT2D eigenvalue weighted by molar-refractivity contribution is 7.19. The molecule has 8 aromatic rings. The molecule has 1 heterocycles. The zero-order valence-corrected chi connectivity index (χ0v) is 26.2. The molecule has 0 atom stereocenters. The predicted octanol–water partition coefficient (Wildman–Crippen LogP) is 8.38. The molecule has 0 saturated carbocycles. The number of para-hydroxylation sites is 2. The first-order valence-corrected chi connectivity index (χ1v) is 17.6.